The van der Waals surface area contributed by atoms with Crippen molar-refractivity contribution in [3.63, 3.8) is 0 Å². The minimum atomic E-state index is -0.368. The molecule has 0 N–H and O–H groups in total. The van der Waals surface area contributed by atoms with Crippen LogP contribution in [0.5, 0.6) is 23.0 Å². The average Bonchev–Trinajstić information content (AvgIpc) is 3.45. The zero-order chi connectivity index (χ0) is 20.1. The number of hydrogen-bond donors (Lipinski definition) is 0. The van der Waals surface area contributed by atoms with E-state index in [1.165, 1.54) is 0 Å². The van der Waals surface area contributed by atoms with Crippen LogP contribution in [0.1, 0.15) is 35.4 Å². The van der Waals surface area contributed by atoms with Crippen molar-refractivity contribution in [3.8, 4) is 23.0 Å². The van der Waals surface area contributed by atoms with E-state index >= 15 is 0 Å². The number of para-hydroxylation sites is 2. The summed E-state index contributed by atoms with van der Waals surface area (Å²) in [5.74, 6) is 3.21. The van der Waals surface area contributed by atoms with E-state index in [-0.39, 0.29) is 19.1 Å². The third-order valence-corrected chi connectivity index (χ3v) is 5.81. The fourth-order valence-corrected chi connectivity index (χ4v) is 4.36. The molecule has 6 heteroatoms. The van der Waals surface area contributed by atoms with E-state index in [1.54, 1.807) is 7.11 Å². The molecule has 3 heterocycles. The van der Waals surface area contributed by atoms with Crippen molar-refractivity contribution in [1.29, 1.82) is 0 Å². The molecule has 0 fully saturated rings. The molecular formula is C24H20N2O4. The number of rotatable bonds is 3. The van der Waals surface area contributed by atoms with Crippen LogP contribution < -0.4 is 18.9 Å². The second-order valence-corrected chi connectivity index (χ2v) is 7.46. The highest BCUT2D eigenvalue weighted by Gasteiger charge is 2.41. The summed E-state index contributed by atoms with van der Waals surface area (Å²) in [6, 6.07) is 22.2. The van der Waals surface area contributed by atoms with Crippen LogP contribution >= 0.6 is 0 Å². The van der Waals surface area contributed by atoms with Gasteiger partial charge in [0.2, 0.25) is 13.0 Å². The fraction of sp³-hybridized carbons (Fsp3) is 0.208. The van der Waals surface area contributed by atoms with Crippen molar-refractivity contribution in [2.45, 2.75) is 18.7 Å². The number of hydrogen-bond acceptors (Lipinski definition) is 6. The maximum Gasteiger partial charge on any atom is 0.231 e. The lowest BCUT2D eigenvalue weighted by atomic mass is 9.95. The van der Waals surface area contributed by atoms with Crippen LogP contribution in [0.15, 0.2) is 71.8 Å². The Kier molecular flexibility index (Phi) is 3.84. The molecule has 6 rings (SSSR count). The summed E-state index contributed by atoms with van der Waals surface area (Å²) in [4.78, 5) is 0. The molecule has 0 unspecified atom stereocenters. The monoisotopic (exact) mass is 400 g/mol. The largest absolute Gasteiger partial charge is 0.496 e. The summed E-state index contributed by atoms with van der Waals surface area (Å²) in [7, 11) is 1.68. The molecule has 0 amide bonds. The number of hydrazone groups is 1. The number of ether oxygens (including phenoxy) is 4. The van der Waals surface area contributed by atoms with Gasteiger partial charge < -0.3 is 18.9 Å². The van der Waals surface area contributed by atoms with E-state index in [1.807, 2.05) is 60.7 Å². The third-order valence-electron chi connectivity index (χ3n) is 5.81. The molecule has 0 bridgehead atoms. The second-order valence-electron chi connectivity index (χ2n) is 7.46. The van der Waals surface area contributed by atoms with Crippen LogP contribution in [0.3, 0.4) is 0 Å². The molecule has 6 nitrogen and oxygen atoms in total. The van der Waals surface area contributed by atoms with Crippen molar-refractivity contribution in [1.82, 2.24) is 5.01 Å². The molecule has 0 saturated heterocycles. The van der Waals surface area contributed by atoms with E-state index in [0.29, 0.717) is 0 Å². The van der Waals surface area contributed by atoms with Gasteiger partial charge in [-0.1, -0.05) is 30.3 Å². The Morgan fingerprint density at radius 1 is 0.900 bits per heavy atom. The van der Waals surface area contributed by atoms with Gasteiger partial charge in [0.05, 0.1) is 24.4 Å². The summed E-state index contributed by atoms with van der Waals surface area (Å²) in [5, 5.41) is 7.07. The van der Waals surface area contributed by atoms with Gasteiger partial charge in [-0.2, -0.15) is 5.10 Å². The Bertz CT molecular complexity index is 1160. The number of nitrogens with zero attached hydrogens (tertiary/aromatic N) is 2. The first-order valence-corrected chi connectivity index (χ1v) is 9.96. The first-order chi connectivity index (χ1) is 14.8. The topological polar surface area (TPSA) is 52.5 Å². The van der Waals surface area contributed by atoms with Crippen LogP contribution in [0, 0.1) is 0 Å². The SMILES string of the molecule is COc1ccccc1[C@H]1Oc2ccccc2[C@@H]2CC(c3ccc4c(c3)OCO4)=NN12. The second kappa shape index (κ2) is 6.69. The van der Waals surface area contributed by atoms with Gasteiger partial charge in [-0.05, 0) is 36.4 Å². The van der Waals surface area contributed by atoms with Gasteiger partial charge in [0.1, 0.15) is 11.5 Å². The minimum absolute atomic E-state index is 0.0882. The lowest BCUT2D eigenvalue weighted by Crippen LogP contribution is -2.33. The number of benzene rings is 3. The maximum atomic E-state index is 6.43. The molecule has 30 heavy (non-hydrogen) atoms. The van der Waals surface area contributed by atoms with Crippen molar-refractivity contribution < 1.29 is 18.9 Å². The Labute approximate surface area is 174 Å². The van der Waals surface area contributed by atoms with Crippen LogP contribution in [0.25, 0.3) is 0 Å². The molecule has 0 saturated carbocycles. The Hall–Kier alpha value is -3.67. The van der Waals surface area contributed by atoms with Gasteiger partial charge >= 0.3 is 0 Å². The summed E-state index contributed by atoms with van der Waals surface area (Å²) in [6.45, 7) is 0.261. The van der Waals surface area contributed by atoms with Gasteiger partial charge in [-0.25, -0.2) is 5.01 Å². The molecule has 0 aliphatic carbocycles. The van der Waals surface area contributed by atoms with Gasteiger partial charge in [-0.15, -0.1) is 0 Å². The molecular weight excluding hydrogens is 380 g/mol. The van der Waals surface area contributed by atoms with Crippen LogP contribution in [-0.4, -0.2) is 24.6 Å². The first-order valence-electron chi connectivity index (χ1n) is 9.96. The Balaban J connectivity index is 1.45. The first kappa shape index (κ1) is 17.2. The quantitative estimate of drug-likeness (QED) is 0.640. The van der Waals surface area contributed by atoms with E-state index in [0.717, 1.165) is 51.8 Å². The van der Waals surface area contributed by atoms with Gasteiger partial charge in [0, 0.05) is 17.5 Å². The van der Waals surface area contributed by atoms with E-state index in [9.17, 15) is 0 Å². The van der Waals surface area contributed by atoms with Crippen LogP contribution in [0.4, 0.5) is 0 Å². The average molecular weight is 400 g/mol. The third kappa shape index (κ3) is 2.60. The normalized spacial score (nSPS) is 20.8. The Morgan fingerprint density at radius 2 is 1.70 bits per heavy atom. The van der Waals surface area contributed by atoms with Crippen LogP contribution in [0.2, 0.25) is 0 Å². The smallest absolute Gasteiger partial charge is 0.231 e. The van der Waals surface area contributed by atoms with Crippen molar-refractivity contribution >= 4 is 5.71 Å². The van der Waals surface area contributed by atoms with Crippen molar-refractivity contribution in [2.24, 2.45) is 5.10 Å². The highest BCUT2D eigenvalue weighted by atomic mass is 16.7. The number of methoxy groups -OCH3 is 1. The summed E-state index contributed by atoms with van der Waals surface area (Å²) in [5.41, 5.74) is 4.13. The highest BCUT2D eigenvalue weighted by molar-refractivity contribution is 6.02. The summed E-state index contributed by atoms with van der Waals surface area (Å²) >= 11 is 0. The van der Waals surface area contributed by atoms with Gasteiger partial charge in [-0.3, -0.25) is 0 Å². The molecule has 0 radical (unpaired) electrons. The fourth-order valence-electron chi connectivity index (χ4n) is 4.36. The zero-order valence-electron chi connectivity index (χ0n) is 16.4. The van der Waals surface area contributed by atoms with E-state index in [2.05, 4.69) is 11.1 Å². The minimum Gasteiger partial charge on any atom is -0.496 e. The molecule has 3 aliphatic rings. The predicted molar refractivity (Wildman–Crippen MR) is 111 cm³/mol. The van der Waals surface area contributed by atoms with Gasteiger partial charge in [0.25, 0.3) is 0 Å². The number of fused-ring (bicyclic) bond motifs is 4. The van der Waals surface area contributed by atoms with E-state index < -0.39 is 0 Å². The molecule has 0 spiro atoms. The maximum absolute atomic E-state index is 6.43. The molecule has 150 valence electrons. The van der Waals surface area contributed by atoms with Gasteiger partial charge in [0.15, 0.2) is 11.5 Å². The Morgan fingerprint density at radius 3 is 2.60 bits per heavy atom. The molecule has 3 aromatic rings. The summed E-state index contributed by atoms with van der Waals surface area (Å²) in [6.07, 6.45) is 0.415. The van der Waals surface area contributed by atoms with E-state index in [4.69, 9.17) is 24.0 Å². The van der Waals surface area contributed by atoms with Crippen molar-refractivity contribution in [3.05, 3.63) is 83.4 Å². The molecule has 2 atom stereocenters. The standard InChI is InChI=1S/C24H20N2O4/c1-27-20-8-4-3-7-17(20)24-26-19(16-6-2-5-9-21(16)30-24)13-18(25-26)15-10-11-22-23(12-15)29-14-28-22/h2-12,19,24H,13-14H2,1H3/t19-,24+/m0/s1. The lowest BCUT2D eigenvalue weighted by Gasteiger charge is -2.38. The highest BCUT2D eigenvalue weighted by Crippen LogP contribution is 2.49. The predicted octanol–water partition coefficient (Wildman–Crippen LogP) is 4.67. The molecule has 3 aromatic carbocycles. The zero-order valence-corrected chi connectivity index (χ0v) is 16.4. The van der Waals surface area contributed by atoms with Crippen LogP contribution in [-0.2, 0) is 0 Å². The molecule has 0 aromatic heterocycles. The lowest BCUT2D eigenvalue weighted by molar-refractivity contribution is -0.0203. The molecule has 3 aliphatic heterocycles. The summed E-state index contributed by atoms with van der Waals surface area (Å²) < 4.78 is 23.1. The van der Waals surface area contributed by atoms with Crippen molar-refractivity contribution in [2.75, 3.05) is 13.9 Å².